The zero-order valence-electron chi connectivity index (χ0n) is 10.4. The van der Waals surface area contributed by atoms with Crippen LogP contribution in [0.3, 0.4) is 0 Å². The summed E-state index contributed by atoms with van der Waals surface area (Å²) in [4.78, 5) is 0. The summed E-state index contributed by atoms with van der Waals surface area (Å²) in [5, 5.41) is 10.5. The van der Waals surface area contributed by atoms with Crippen molar-refractivity contribution in [3.05, 3.63) is 35.5 Å². The van der Waals surface area contributed by atoms with E-state index in [4.69, 9.17) is 9.15 Å². The Hall–Kier alpha value is -2.11. The molecule has 1 unspecified atom stereocenters. The number of aromatic nitrogens is 2. The standard InChI is InChI=1S/C12H14FN3O2/c1-7(14-12-16-15-8(2)18-12)9-4-5-11(17-3)10(13)6-9/h4-7H,1-3H3,(H,14,16). The number of nitrogens with zero attached hydrogens (tertiary/aromatic N) is 2. The maximum absolute atomic E-state index is 13.5. The second-order valence-corrected chi connectivity index (χ2v) is 3.89. The van der Waals surface area contributed by atoms with E-state index in [2.05, 4.69) is 15.5 Å². The second-order valence-electron chi connectivity index (χ2n) is 3.89. The molecule has 1 N–H and O–H groups in total. The van der Waals surface area contributed by atoms with Crippen LogP contribution in [-0.2, 0) is 0 Å². The quantitative estimate of drug-likeness (QED) is 0.905. The van der Waals surface area contributed by atoms with Gasteiger partial charge in [0.05, 0.1) is 13.2 Å². The van der Waals surface area contributed by atoms with E-state index in [-0.39, 0.29) is 11.8 Å². The molecule has 0 radical (unpaired) electrons. The first-order chi connectivity index (χ1) is 8.60. The summed E-state index contributed by atoms with van der Waals surface area (Å²) in [7, 11) is 1.43. The van der Waals surface area contributed by atoms with Crippen LogP contribution in [-0.4, -0.2) is 17.3 Å². The van der Waals surface area contributed by atoms with E-state index in [9.17, 15) is 4.39 Å². The zero-order chi connectivity index (χ0) is 13.1. The van der Waals surface area contributed by atoms with E-state index in [1.807, 2.05) is 6.92 Å². The first kappa shape index (κ1) is 12.3. The molecule has 2 aromatic rings. The molecular formula is C12H14FN3O2. The highest BCUT2D eigenvalue weighted by Crippen LogP contribution is 2.23. The number of hydrogen-bond acceptors (Lipinski definition) is 5. The molecule has 6 heteroatoms. The van der Waals surface area contributed by atoms with E-state index in [1.54, 1.807) is 19.1 Å². The molecular weight excluding hydrogens is 237 g/mol. The average Bonchev–Trinajstić information content (AvgIpc) is 2.74. The highest BCUT2D eigenvalue weighted by Gasteiger charge is 2.12. The Morgan fingerprint density at radius 1 is 1.39 bits per heavy atom. The highest BCUT2D eigenvalue weighted by atomic mass is 19.1. The van der Waals surface area contributed by atoms with E-state index in [0.717, 1.165) is 5.56 Å². The molecule has 0 spiro atoms. The number of methoxy groups -OCH3 is 1. The number of anilines is 1. The average molecular weight is 251 g/mol. The first-order valence-corrected chi connectivity index (χ1v) is 5.50. The summed E-state index contributed by atoms with van der Waals surface area (Å²) in [5.41, 5.74) is 0.768. The predicted molar refractivity (Wildman–Crippen MR) is 64.0 cm³/mol. The predicted octanol–water partition coefficient (Wildman–Crippen LogP) is 2.70. The lowest BCUT2D eigenvalue weighted by Crippen LogP contribution is -2.07. The molecule has 0 aliphatic rings. The van der Waals surface area contributed by atoms with Gasteiger partial charge in [0, 0.05) is 6.92 Å². The van der Waals surface area contributed by atoms with Crippen LogP contribution >= 0.6 is 0 Å². The maximum atomic E-state index is 13.5. The Morgan fingerprint density at radius 2 is 2.17 bits per heavy atom. The van der Waals surface area contributed by atoms with Crippen LogP contribution in [0.1, 0.15) is 24.4 Å². The van der Waals surface area contributed by atoms with Gasteiger partial charge in [-0.1, -0.05) is 11.2 Å². The van der Waals surface area contributed by atoms with Gasteiger partial charge in [-0.3, -0.25) is 0 Å². The van der Waals surface area contributed by atoms with E-state index >= 15 is 0 Å². The van der Waals surface area contributed by atoms with Crippen molar-refractivity contribution in [3.63, 3.8) is 0 Å². The Bertz CT molecular complexity index is 542. The van der Waals surface area contributed by atoms with Gasteiger partial charge in [-0.25, -0.2) is 4.39 Å². The molecule has 0 fully saturated rings. The molecule has 0 amide bonds. The number of aryl methyl sites for hydroxylation is 1. The number of hydrogen-bond donors (Lipinski definition) is 1. The molecule has 0 bridgehead atoms. The Morgan fingerprint density at radius 3 is 2.72 bits per heavy atom. The number of benzene rings is 1. The van der Waals surface area contributed by atoms with Gasteiger partial charge in [0.2, 0.25) is 5.89 Å². The second kappa shape index (κ2) is 5.03. The molecule has 5 nitrogen and oxygen atoms in total. The Balaban J connectivity index is 2.13. The third-order valence-electron chi connectivity index (χ3n) is 2.54. The Kier molecular flexibility index (Phi) is 3.45. The summed E-state index contributed by atoms with van der Waals surface area (Å²) in [6.45, 7) is 3.58. The lowest BCUT2D eigenvalue weighted by Gasteiger charge is -2.13. The number of halogens is 1. The number of ether oxygens (including phenoxy) is 1. The van der Waals surface area contributed by atoms with Gasteiger partial charge >= 0.3 is 6.01 Å². The van der Waals surface area contributed by atoms with Crippen molar-refractivity contribution in [2.45, 2.75) is 19.9 Å². The lowest BCUT2D eigenvalue weighted by atomic mass is 10.1. The Labute approximate surface area is 104 Å². The normalized spacial score (nSPS) is 12.2. The molecule has 18 heavy (non-hydrogen) atoms. The molecule has 1 heterocycles. The minimum atomic E-state index is -0.398. The molecule has 1 atom stereocenters. The fourth-order valence-electron chi connectivity index (χ4n) is 1.58. The molecule has 0 aliphatic heterocycles. The highest BCUT2D eigenvalue weighted by molar-refractivity contribution is 5.34. The summed E-state index contributed by atoms with van der Waals surface area (Å²) in [6.07, 6.45) is 0. The molecule has 2 rings (SSSR count). The van der Waals surface area contributed by atoms with Crippen LogP contribution in [0.4, 0.5) is 10.4 Å². The van der Waals surface area contributed by atoms with Gasteiger partial charge in [0.25, 0.3) is 0 Å². The fourth-order valence-corrected chi connectivity index (χ4v) is 1.58. The fraction of sp³-hybridized carbons (Fsp3) is 0.333. The van der Waals surface area contributed by atoms with Crippen molar-refractivity contribution in [1.82, 2.24) is 10.2 Å². The SMILES string of the molecule is COc1ccc(C(C)Nc2nnc(C)o2)cc1F. The van der Waals surface area contributed by atoms with Gasteiger partial charge in [-0.05, 0) is 24.6 Å². The maximum Gasteiger partial charge on any atom is 0.315 e. The molecule has 0 saturated heterocycles. The van der Waals surface area contributed by atoms with Crippen molar-refractivity contribution >= 4 is 6.01 Å². The van der Waals surface area contributed by atoms with Gasteiger partial charge < -0.3 is 14.5 Å². The lowest BCUT2D eigenvalue weighted by molar-refractivity contribution is 0.386. The summed E-state index contributed by atoms with van der Waals surface area (Å²) in [5.74, 6) is 0.301. The van der Waals surface area contributed by atoms with Crippen molar-refractivity contribution in [2.75, 3.05) is 12.4 Å². The third kappa shape index (κ3) is 2.58. The van der Waals surface area contributed by atoms with E-state index in [1.165, 1.54) is 13.2 Å². The van der Waals surface area contributed by atoms with Crippen molar-refractivity contribution in [3.8, 4) is 5.75 Å². The zero-order valence-corrected chi connectivity index (χ0v) is 10.4. The first-order valence-electron chi connectivity index (χ1n) is 5.50. The largest absolute Gasteiger partial charge is 0.494 e. The van der Waals surface area contributed by atoms with Gasteiger partial charge in [0.15, 0.2) is 11.6 Å². The molecule has 0 saturated carbocycles. The van der Waals surface area contributed by atoms with E-state index in [0.29, 0.717) is 11.9 Å². The van der Waals surface area contributed by atoms with Crippen LogP contribution in [0.15, 0.2) is 22.6 Å². The summed E-state index contributed by atoms with van der Waals surface area (Å²) >= 11 is 0. The smallest absolute Gasteiger partial charge is 0.315 e. The monoisotopic (exact) mass is 251 g/mol. The van der Waals surface area contributed by atoms with Crippen LogP contribution in [0, 0.1) is 12.7 Å². The minimum absolute atomic E-state index is 0.148. The number of rotatable bonds is 4. The number of nitrogens with one attached hydrogen (secondary N) is 1. The van der Waals surface area contributed by atoms with Crippen molar-refractivity contribution < 1.29 is 13.5 Å². The third-order valence-corrected chi connectivity index (χ3v) is 2.54. The molecule has 0 aliphatic carbocycles. The summed E-state index contributed by atoms with van der Waals surface area (Å²) < 4.78 is 23.6. The van der Waals surface area contributed by atoms with Crippen LogP contribution in [0.25, 0.3) is 0 Å². The van der Waals surface area contributed by atoms with Crippen molar-refractivity contribution in [2.24, 2.45) is 0 Å². The molecule has 1 aromatic heterocycles. The van der Waals surface area contributed by atoms with Crippen LogP contribution < -0.4 is 10.1 Å². The molecule has 96 valence electrons. The molecule has 1 aromatic carbocycles. The van der Waals surface area contributed by atoms with E-state index < -0.39 is 5.82 Å². The van der Waals surface area contributed by atoms with Crippen LogP contribution in [0.2, 0.25) is 0 Å². The van der Waals surface area contributed by atoms with Crippen molar-refractivity contribution in [1.29, 1.82) is 0 Å². The van der Waals surface area contributed by atoms with Gasteiger partial charge in [-0.2, -0.15) is 0 Å². The van der Waals surface area contributed by atoms with Crippen LogP contribution in [0.5, 0.6) is 5.75 Å². The minimum Gasteiger partial charge on any atom is -0.494 e. The van der Waals surface area contributed by atoms with Gasteiger partial charge in [0.1, 0.15) is 0 Å². The summed E-state index contributed by atoms with van der Waals surface area (Å²) in [6, 6.07) is 4.95. The van der Waals surface area contributed by atoms with Gasteiger partial charge in [-0.15, -0.1) is 5.10 Å². The topological polar surface area (TPSA) is 60.2 Å².